The summed E-state index contributed by atoms with van der Waals surface area (Å²) in [4.78, 5) is 34.8. The van der Waals surface area contributed by atoms with Gasteiger partial charge in [-0.15, -0.1) is 0 Å². The van der Waals surface area contributed by atoms with Crippen molar-refractivity contribution in [3.63, 3.8) is 0 Å². The number of nitriles is 1. The SMILES string of the molecule is N#Cc1ccc(OC2CN(CCc3ccccc3N3CCCCC3=O)C2)cc1.O=C(O)C(=O)O. The van der Waals surface area contributed by atoms with Crippen LogP contribution in [0.4, 0.5) is 5.69 Å². The molecule has 9 heteroatoms. The molecule has 2 aromatic carbocycles. The van der Waals surface area contributed by atoms with Crippen molar-refractivity contribution in [1.82, 2.24) is 4.90 Å². The first-order chi connectivity index (χ1) is 16.4. The number of nitrogens with zero attached hydrogens (tertiary/aromatic N) is 3. The lowest BCUT2D eigenvalue weighted by Crippen LogP contribution is -2.54. The molecule has 34 heavy (non-hydrogen) atoms. The Kier molecular flexibility index (Phi) is 8.60. The zero-order valence-corrected chi connectivity index (χ0v) is 18.7. The van der Waals surface area contributed by atoms with E-state index in [-0.39, 0.29) is 12.0 Å². The van der Waals surface area contributed by atoms with Crippen molar-refractivity contribution in [3.8, 4) is 11.8 Å². The van der Waals surface area contributed by atoms with Crippen molar-refractivity contribution in [2.24, 2.45) is 0 Å². The lowest BCUT2D eigenvalue weighted by atomic mass is 10.0. The number of hydrogen-bond donors (Lipinski definition) is 2. The number of piperidine rings is 1. The van der Waals surface area contributed by atoms with Crippen LogP contribution in [-0.2, 0) is 20.8 Å². The van der Waals surface area contributed by atoms with E-state index in [0.717, 1.165) is 56.9 Å². The van der Waals surface area contributed by atoms with Crippen molar-refractivity contribution in [1.29, 1.82) is 5.26 Å². The number of likely N-dealkylation sites (tertiary alicyclic amines) is 1. The summed E-state index contributed by atoms with van der Waals surface area (Å²) in [7, 11) is 0. The van der Waals surface area contributed by atoms with Gasteiger partial charge in [-0.05, 0) is 55.2 Å². The monoisotopic (exact) mass is 465 g/mol. The van der Waals surface area contributed by atoms with Crippen LogP contribution in [0.25, 0.3) is 0 Å². The molecular weight excluding hydrogens is 438 g/mol. The van der Waals surface area contributed by atoms with Crippen molar-refractivity contribution in [3.05, 3.63) is 59.7 Å². The second-order valence-corrected chi connectivity index (χ2v) is 8.13. The molecule has 2 aliphatic heterocycles. The summed E-state index contributed by atoms with van der Waals surface area (Å²) in [6, 6.07) is 17.7. The fourth-order valence-electron chi connectivity index (χ4n) is 3.90. The molecule has 9 nitrogen and oxygen atoms in total. The molecule has 2 aliphatic rings. The standard InChI is InChI=1S/C23H25N3O2.C2H2O4/c24-15-18-8-10-20(11-9-18)28-21-16-25(17-21)14-12-19-5-1-2-6-22(19)26-13-4-3-7-23(26)27;3-1(4)2(5)6/h1-2,5-6,8-11,21H,3-4,7,12-14,16-17H2;(H,3,4)(H,5,6). The Bertz CT molecular complexity index is 1050. The summed E-state index contributed by atoms with van der Waals surface area (Å²) in [5, 5.41) is 23.6. The molecule has 2 heterocycles. The maximum atomic E-state index is 12.3. The van der Waals surface area contributed by atoms with E-state index in [9.17, 15) is 4.79 Å². The quantitative estimate of drug-likeness (QED) is 0.622. The van der Waals surface area contributed by atoms with Crippen LogP contribution in [0.5, 0.6) is 5.75 Å². The summed E-state index contributed by atoms with van der Waals surface area (Å²) in [6.45, 7) is 3.61. The van der Waals surface area contributed by atoms with Crippen molar-refractivity contribution < 1.29 is 29.3 Å². The maximum Gasteiger partial charge on any atom is 0.414 e. The minimum atomic E-state index is -1.82. The van der Waals surface area contributed by atoms with Gasteiger partial charge in [-0.3, -0.25) is 9.69 Å². The number of para-hydroxylation sites is 1. The predicted molar refractivity (Wildman–Crippen MR) is 124 cm³/mol. The van der Waals surface area contributed by atoms with Crippen molar-refractivity contribution in [2.45, 2.75) is 31.8 Å². The number of carbonyl (C=O) groups is 3. The van der Waals surface area contributed by atoms with Gasteiger partial charge in [0.15, 0.2) is 0 Å². The van der Waals surface area contributed by atoms with Crippen LogP contribution in [-0.4, -0.2) is 65.2 Å². The average Bonchev–Trinajstić information content (AvgIpc) is 2.82. The molecule has 2 N–H and O–H groups in total. The number of carbonyl (C=O) groups excluding carboxylic acids is 1. The van der Waals surface area contributed by atoms with Crippen molar-refractivity contribution >= 4 is 23.5 Å². The molecule has 2 saturated heterocycles. The van der Waals surface area contributed by atoms with Crippen LogP contribution < -0.4 is 9.64 Å². The number of rotatable bonds is 6. The number of anilines is 1. The summed E-state index contributed by atoms with van der Waals surface area (Å²) in [6.07, 6.45) is 3.89. The summed E-state index contributed by atoms with van der Waals surface area (Å²) < 4.78 is 5.96. The highest BCUT2D eigenvalue weighted by atomic mass is 16.5. The average molecular weight is 466 g/mol. The molecule has 0 radical (unpaired) electrons. The summed E-state index contributed by atoms with van der Waals surface area (Å²) in [5.74, 6) is -2.58. The third-order valence-corrected chi connectivity index (χ3v) is 5.70. The molecule has 2 aromatic rings. The zero-order valence-electron chi connectivity index (χ0n) is 18.7. The number of hydrogen-bond acceptors (Lipinski definition) is 6. The maximum absolute atomic E-state index is 12.3. The Balaban J connectivity index is 0.000000481. The predicted octanol–water partition coefficient (Wildman–Crippen LogP) is 2.54. The summed E-state index contributed by atoms with van der Waals surface area (Å²) in [5.41, 5.74) is 2.97. The second kappa shape index (κ2) is 11.8. The fraction of sp³-hybridized carbons (Fsp3) is 0.360. The molecule has 0 atom stereocenters. The molecule has 0 saturated carbocycles. The molecule has 4 rings (SSSR count). The van der Waals surface area contributed by atoms with Crippen LogP contribution in [0, 0.1) is 11.3 Å². The Morgan fingerprint density at radius 3 is 2.32 bits per heavy atom. The molecular formula is C25H27N3O6. The van der Waals surface area contributed by atoms with E-state index in [1.165, 1.54) is 5.56 Å². The van der Waals surface area contributed by atoms with E-state index in [1.807, 2.05) is 23.1 Å². The van der Waals surface area contributed by atoms with E-state index >= 15 is 0 Å². The van der Waals surface area contributed by atoms with Gasteiger partial charge in [0.05, 0.1) is 11.6 Å². The van der Waals surface area contributed by atoms with Gasteiger partial charge in [-0.2, -0.15) is 5.26 Å². The van der Waals surface area contributed by atoms with E-state index in [4.69, 9.17) is 29.8 Å². The van der Waals surface area contributed by atoms with Crippen molar-refractivity contribution in [2.75, 3.05) is 31.1 Å². The second-order valence-electron chi connectivity index (χ2n) is 8.13. The van der Waals surface area contributed by atoms with E-state index in [0.29, 0.717) is 12.0 Å². The number of benzene rings is 2. The highest BCUT2D eigenvalue weighted by Crippen LogP contribution is 2.26. The highest BCUT2D eigenvalue weighted by Gasteiger charge is 2.28. The molecule has 0 unspecified atom stereocenters. The molecule has 0 bridgehead atoms. The highest BCUT2D eigenvalue weighted by molar-refractivity contribution is 6.27. The third-order valence-electron chi connectivity index (χ3n) is 5.70. The van der Waals surface area contributed by atoms with E-state index < -0.39 is 11.9 Å². The zero-order chi connectivity index (χ0) is 24.5. The number of carboxylic acids is 2. The fourth-order valence-corrected chi connectivity index (χ4v) is 3.90. The van der Waals surface area contributed by atoms with Gasteiger partial charge >= 0.3 is 11.9 Å². The lowest BCUT2D eigenvalue weighted by molar-refractivity contribution is -0.159. The largest absolute Gasteiger partial charge is 0.488 e. The molecule has 0 aromatic heterocycles. The van der Waals surface area contributed by atoms with Crippen LogP contribution in [0.15, 0.2) is 48.5 Å². The van der Waals surface area contributed by atoms with Gasteiger partial charge < -0.3 is 19.8 Å². The van der Waals surface area contributed by atoms with Gasteiger partial charge in [0.2, 0.25) is 5.91 Å². The van der Waals surface area contributed by atoms with E-state index in [1.54, 1.807) is 12.1 Å². The Hall–Kier alpha value is -3.90. The molecule has 0 aliphatic carbocycles. The first-order valence-electron chi connectivity index (χ1n) is 11.1. The molecule has 178 valence electrons. The van der Waals surface area contributed by atoms with Crippen LogP contribution in [0.3, 0.4) is 0 Å². The van der Waals surface area contributed by atoms with Gasteiger partial charge in [0.25, 0.3) is 0 Å². The van der Waals surface area contributed by atoms with Gasteiger partial charge in [0, 0.05) is 38.3 Å². The van der Waals surface area contributed by atoms with E-state index in [2.05, 4.69) is 29.2 Å². The molecule has 1 amide bonds. The molecule has 2 fully saturated rings. The van der Waals surface area contributed by atoms with Gasteiger partial charge in [-0.1, -0.05) is 18.2 Å². The number of amides is 1. The Morgan fingerprint density at radius 2 is 1.71 bits per heavy atom. The van der Waals surface area contributed by atoms with Gasteiger partial charge in [-0.25, -0.2) is 9.59 Å². The number of carboxylic acid groups (broad SMARTS) is 2. The number of aliphatic carboxylic acids is 2. The van der Waals surface area contributed by atoms with Crippen LogP contribution in [0.2, 0.25) is 0 Å². The topological polar surface area (TPSA) is 131 Å². The van der Waals surface area contributed by atoms with Gasteiger partial charge in [0.1, 0.15) is 11.9 Å². The normalized spacial score (nSPS) is 16.0. The Labute approximate surface area is 197 Å². The Morgan fingerprint density at radius 1 is 1.03 bits per heavy atom. The minimum Gasteiger partial charge on any atom is -0.488 e. The first-order valence-corrected chi connectivity index (χ1v) is 11.1. The first kappa shape index (κ1) is 24.7. The third kappa shape index (κ3) is 6.80. The van der Waals surface area contributed by atoms with Crippen LogP contribution in [0.1, 0.15) is 30.4 Å². The lowest BCUT2D eigenvalue weighted by Gasteiger charge is -2.39. The van der Waals surface area contributed by atoms with Crippen LogP contribution >= 0.6 is 0 Å². The number of ether oxygens (including phenoxy) is 1. The minimum absolute atomic E-state index is 0.201. The molecule has 0 spiro atoms. The smallest absolute Gasteiger partial charge is 0.414 e. The summed E-state index contributed by atoms with van der Waals surface area (Å²) >= 11 is 0.